The second kappa shape index (κ2) is 10.4. The molecule has 21 heavy (non-hydrogen) atoms. The van der Waals surface area contributed by atoms with Crippen molar-refractivity contribution < 1.29 is 4.74 Å². The van der Waals surface area contributed by atoms with Crippen molar-refractivity contribution in [2.45, 2.75) is 72.6 Å². The number of hydrogen-bond acceptors (Lipinski definition) is 3. The normalized spacial score (nSPS) is 11.6. The second-order valence-corrected chi connectivity index (χ2v) is 19.3. The van der Waals surface area contributed by atoms with Crippen LogP contribution in [0, 0.1) is 0 Å². The molecule has 0 bridgehead atoms. The molecule has 0 amide bonds. The summed E-state index contributed by atoms with van der Waals surface area (Å²) in [6.45, 7) is 6.92. The molecule has 120 valence electrons. The molecule has 0 N–H and O–H groups in total. The van der Waals surface area contributed by atoms with Gasteiger partial charge in [-0.25, -0.2) is 0 Å². The molecule has 1 aromatic rings. The molecule has 3 nitrogen and oxygen atoms in total. The summed E-state index contributed by atoms with van der Waals surface area (Å²) in [4.78, 5) is 8.81. The van der Waals surface area contributed by atoms with Crippen LogP contribution in [0.3, 0.4) is 0 Å². The molecule has 0 saturated carbocycles. The monoisotopic (exact) mass is 400 g/mol. The number of aromatic nitrogens is 2. The number of methoxy groups -OCH3 is 1. The quantitative estimate of drug-likeness (QED) is 0.513. The number of hydrogen-bond donors (Lipinski definition) is 0. The van der Waals surface area contributed by atoms with Crippen LogP contribution in [0.25, 0.3) is 0 Å². The van der Waals surface area contributed by atoms with Gasteiger partial charge in [-0.3, -0.25) is 0 Å². The Morgan fingerprint density at radius 1 is 0.857 bits per heavy atom. The Hall–Kier alpha value is -0.321. The minimum absolute atomic E-state index is 0.500. The zero-order chi connectivity index (χ0) is 15.6. The fraction of sp³-hybridized carbons (Fsp3) is 0.765. The first-order valence-electron chi connectivity index (χ1n) is 8.59. The average molecular weight is 399 g/mol. The van der Waals surface area contributed by atoms with Gasteiger partial charge in [0, 0.05) is 0 Å². The van der Waals surface area contributed by atoms with E-state index in [1.807, 2.05) is 0 Å². The molecule has 0 unspecified atom stereocenters. The number of ether oxygens (including phenoxy) is 1. The van der Waals surface area contributed by atoms with Crippen LogP contribution in [0.1, 0.15) is 59.3 Å². The van der Waals surface area contributed by atoms with Crippen molar-refractivity contribution in [3.8, 4) is 6.01 Å². The van der Waals surface area contributed by atoms with Crippen molar-refractivity contribution in [2.75, 3.05) is 7.11 Å². The molecule has 0 spiro atoms. The van der Waals surface area contributed by atoms with Gasteiger partial charge >= 0.3 is 135 Å². The van der Waals surface area contributed by atoms with Crippen molar-refractivity contribution in [1.82, 2.24) is 9.97 Å². The van der Waals surface area contributed by atoms with Gasteiger partial charge in [0.2, 0.25) is 0 Å². The summed E-state index contributed by atoms with van der Waals surface area (Å²) in [5, 5.41) is 0. The van der Waals surface area contributed by atoms with E-state index >= 15 is 0 Å². The Kier molecular flexibility index (Phi) is 9.29. The third kappa shape index (κ3) is 5.76. The van der Waals surface area contributed by atoms with Crippen LogP contribution in [0.4, 0.5) is 0 Å². The standard InChI is InChI=1S/C5H5N2O.3C4H9.Sn/c1-8-5-6-3-2-4-7-5;3*1-3-4-2;/h3-4H,1H3;3*1,3-4H2,2H3;. The van der Waals surface area contributed by atoms with Crippen LogP contribution in [0.15, 0.2) is 12.4 Å². The van der Waals surface area contributed by atoms with Crippen LogP contribution >= 0.6 is 0 Å². The topological polar surface area (TPSA) is 35.0 Å². The summed E-state index contributed by atoms with van der Waals surface area (Å²) in [5.41, 5.74) is 0. The molecule has 1 rings (SSSR count). The van der Waals surface area contributed by atoms with Crippen molar-refractivity contribution in [3.63, 3.8) is 0 Å². The predicted molar refractivity (Wildman–Crippen MR) is 93.1 cm³/mol. The fourth-order valence-electron chi connectivity index (χ4n) is 3.05. The van der Waals surface area contributed by atoms with E-state index in [0.717, 1.165) is 0 Å². The number of nitrogens with zero attached hydrogens (tertiary/aromatic N) is 2. The molecule has 1 aromatic heterocycles. The van der Waals surface area contributed by atoms with Crippen LogP contribution in [0.5, 0.6) is 6.01 Å². The molecule has 0 saturated heterocycles. The van der Waals surface area contributed by atoms with Crippen LogP contribution in [-0.4, -0.2) is 35.5 Å². The van der Waals surface area contributed by atoms with Crippen molar-refractivity contribution >= 4 is 22.0 Å². The van der Waals surface area contributed by atoms with E-state index in [9.17, 15) is 0 Å². The van der Waals surface area contributed by atoms with E-state index in [2.05, 4.69) is 43.1 Å². The van der Waals surface area contributed by atoms with Gasteiger partial charge in [0.05, 0.1) is 0 Å². The third-order valence-corrected chi connectivity index (χ3v) is 19.9. The summed E-state index contributed by atoms with van der Waals surface area (Å²) in [7, 11) is 1.64. The van der Waals surface area contributed by atoms with E-state index in [0.29, 0.717) is 6.01 Å². The summed E-state index contributed by atoms with van der Waals surface area (Å²) >= 11 is -2.33. The van der Waals surface area contributed by atoms with E-state index in [1.54, 1.807) is 7.11 Å². The summed E-state index contributed by atoms with van der Waals surface area (Å²) in [5.74, 6) is 0. The Bertz CT molecular complexity index is 359. The molecule has 0 fully saturated rings. The van der Waals surface area contributed by atoms with Gasteiger partial charge in [-0.05, 0) is 0 Å². The van der Waals surface area contributed by atoms with Gasteiger partial charge in [-0.1, -0.05) is 0 Å². The first kappa shape index (κ1) is 18.7. The first-order chi connectivity index (χ1) is 10.2. The minimum atomic E-state index is -2.33. The molecule has 0 radical (unpaired) electrons. The SMILES string of the molecule is CCC[CH2][Sn]([CH2]CCC)([CH2]CCC)[c]1cnc(OC)nc1. The zero-order valence-electron chi connectivity index (χ0n) is 14.3. The van der Waals surface area contributed by atoms with E-state index in [-0.39, 0.29) is 0 Å². The van der Waals surface area contributed by atoms with Crippen molar-refractivity contribution in [1.29, 1.82) is 0 Å². The maximum absolute atomic E-state index is 5.13. The molecule has 4 heteroatoms. The molecule has 0 aliphatic carbocycles. The van der Waals surface area contributed by atoms with Gasteiger partial charge in [0.1, 0.15) is 0 Å². The fourth-order valence-corrected chi connectivity index (χ4v) is 18.4. The molecule has 0 aromatic carbocycles. The summed E-state index contributed by atoms with van der Waals surface area (Å²) in [6, 6.07) is 0.500. The second-order valence-electron chi connectivity index (χ2n) is 6.05. The summed E-state index contributed by atoms with van der Waals surface area (Å²) < 4.78 is 11.0. The Balaban J connectivity index is 3.02. The third-order valence-electron chi connectivity index (χ3n) is 4.45. The molecule has 0 aliphatic heterocycles. The van der Waals surface area contributed by atoms with Crippen LogP contribution < -0.4 is 8.32 Å². The molecule has 0 aliphatic rings. The molecular formula is C17H32N2OSn. The Morgan fingerprint density at radius 3 is 1.62 bits per heavy atom. The van der Waals surface area contributed by atoms with Gasteiger partial charge in [0.25, 0.3) is 0 Å². The van der Waals surface area contributed by atoms with Gasteiger partial charge < -0.3 is 0 Å². The van der Waals surface area contributed by atoms with E-state index < -0.39 is 18.4 Å². The van der Waals surface area contributed by atoms with Crippen LogP contribution in [0.2, 0.25) is 13.3 Å². The van der Waals surface area contributed by atoms with Crippen molar-refractivity contribution in [2.24, 2.45) is 0 Å². The summed E-state index contributed by atoms with van der Waals surface area (Å²) in [6.07, 6.45) is 12.2. The molecular weight excluding hydrogens is 367 g/mol. The average Bonchev–Trinajstić information content (AvgIpc) is 2.55. The van der Waals surface area contributed by atoms with Gasteiger partial charge in [-0.2, -0.15) is 0 Å². The first-order valence-corrected chi connectivity index (χ1v) is 16.1. The Labute approximate surface area is 134 Å². The molecule has 1 heterocycles. The van der Waals surface area contributed by atoms with Crippen LogP contribution in [-0.2, 0) is 0 Å². The number of rotatable bonds is 11. The van der Waals surface area contributed by atoms with Gasteiger partial charge in [0.15, 0.2) is 0 Å². The predicted octanol–water partition coefficient (Wildman–Crippen LogP) is 4.54. The van der Waals surface area contributed by atoms with Gasteiger partial charge in [-0.15, -0.1) is 0 Å². The molecule has 0 atom stereocenters. The Morgan fingerprint density at radius 2 is 1.29 bits per heavy atom. The number of unbranched alkanes of at least 4 members (excludes halogenated alkanes) is 3. The van der Waals surface area contributed by atoms with Crippen molar-refractivity contribution in [3.05, 3.63) is 12.4 Å². The zero-order valence-corrected chi connectivity index (χ0v) is 17.2. The maximum atomic E-state index is 5.13. The van der Waals surface area contributed by atoms with E-state index in [1.165, 1.54) is 55.4 Å². The van der Waals surface area contributed by atoms with E-state index in [4.69, 9.17) is 4.74 Å².